The fourth-order valence-corrected chi connectivity index (χ4v) is 3.49. The lowest BCUT2D eigenvalue weighted by atomic mass is 10.0. The van der Waals surface area contributed by atoms with Gasteiger partial charge in [-0.15, -0.1) is 18.3 Å². The summed E-state index contributed by atoms with van der Waals surface area (Å²) in [5, 5.41) is 0. The van der Waals surface area contributed by atoms with E-state index < -0.39 is 0 Å². The maximum atomic E-state index is 12.2. The number of likely N-dealkylation sites (tertiary alicyclic amines) is 1. The molecule has 0 unspecified atom stereocenters. The van der Waals surface area contributed by atoms with Crippen molar-refractivity contribution in [2.24, 2.45) is 11.8 Å². The first kappa shape index (κ1) is 13.2. The van der Waals surface area contributed by atoms with Gasteiger partial charge in [0.25, 0.3) is 0 Å². The fraction of sp³-hybridized carbons (Fsp3) is 0.400. The average Bonchev–Trinajstić information content (AvgIpc) is 2.64. The van der Waals surface area contributed by atoms with Gasteiger partial charge in [0.1, 0.15) is 0 Å². The summed E-state index contributed by atoms with van der Waals surface area (Å²) in [7, 11) is 0. The van der Waals surface area contributed by atoms with E-state index in [2.05, 4.69) is 25.6 Å². The largest absolute Gasteiger partial charge is 0.338 e. The Kier molecular flexibility index (Phi) is 4.48. The number of hydrogen-bond acceptors (Lipinski definition) is 2. The van der Waals surface area contributed by atoms with Gasteiger partial charge in [-0.05, 0) is 18.1 Å². The zero-order chi connectivity index (χ0) is 13.0. The van der Waals surface area contributed by atoms with Gasteiger partial charge in [0.2, 0.25) is 5.91 Å². The average molecular weight is 261 g/mol. The highest BCUT2D eigenvalue weighted by molar-refractivity contribution is 7.99. The molecule has 0 aromatic heterocycles. The van der Waals surface area contributed by atoms with Crippen molar-refractivity contribution in [3.63, 3.8) is 0 Å². The van der Waals surface area contributed by atoms with E-state index in [9.17, 15) is 4.79 Å². The topological polar surface area (TPSA) is 20.3 Å². The van der Waals surface area contributed by atoms with Crippen molar-refractivity contribution in [1.29, 1.82) is 0 Å². The molecule has 2 nitrogen and oxygen atoms in total. The molecule has 96 valence electrons. The summed E-state index contributed by atoms with van der Waals surface area (Å²) < 4.78 is 0. The molecule has 2 rings (SSSR count). The summed E-state index contributed by atoms with van der Waals surface area (Å²) in [6, 6.07) is 10.3. The van der Waals surface area contributed by atoms with E-state index in [0.717, 1.165) is 12.3 Å². The van der Waals surface area contributed by atoms with Gasteiger partial charge in [0, 0.05) is 23.7 Å². The summed E-state index contributed by atoms with van der Waals surface area (Å²) >= 11 is 1.77. The third-order valence-electron chi connectivity index (χ3n) is 3.35. The van der Waals surface area contributed by atoms with Gasteiger partial charge < -0.3 is 4.90 Å². The van der Waals surface area contributed by atoms with Crippen molar-refractivity contribution in [3.8, 4) is 0 Å². The fourth-order valence-electron chi connectivity index (χ4n) is 2.30. The molecule has 0 spiro atoms. The summed E-state index contributed by atoms with van der Waals surface area (Å²) in [5.41, 5.74) is 0. The number of benzene rings is 1. The van der Waals surface area contributed by atoms with Gasteiger partial charge in [0.15, 0.2) is 0 Å². The van der Waals surface area contributed by atoms with Crippen molar-refractivity contribution in [2.75, 3.05) is 18.8 Å². The Morgan fingerprint density at radius 3 is 2.83 bits per heavy atom. The van der Waals surface area contributed by atoms with Crippen molar-refractivity contribution < 1.29 is 4.79 Å². The number of carbonyl (C=O) groups excluding carboxylic acids is 1. The van der Waals surface area contributed by atoms with Crippen LogP contribution in [0.25, 0.3) is 0 Å². The van der Waals surface area contributed by atoms with Crippen LogP contribution in [0.15, 0.2) is 47.9 Å². The van der Waals surface area contributed by atoms with Crippen LogP contribution in [0.3, 0.4) is 0 Å². The smallest absolute Gasteiger partial charge is 0.227 e. The van der Waals surface area contributed by atoms with Crippen LogP contribution in [0.2, 0.25) is 0 Å². The molecular weight excluding hydrogens is 242 g/mol. The van der Waals surface area contributed by atoms with Crippen molar-refractivity contribution in [2.45, 2.75) is 11.8 Å². The van der Waals surface area contributed by atoms with Crippen molar-refractivity contribution >= 4 is 17.7 Å². The van der Waals surface area contributed by atoms with Crippen molar-refractivity contribution in [3.05, 3.63) is 43.0 Å². The minimum atomic E-state index is 0.148. The molecule has 0 saturated carbocycles. The summed E-state index contributed by atoms with van der Waals surface area (Å²) in [4.78, 5) is 15.3. The molecule has 3 heteroatoms. The third kappa shape index (κ3) is 2.96. The maximum absolute atomic E-state index is 12.2. The SMILES string of the molecule is C=CCN1C[C@H](C)[C@@H](CSc2ccccc2)C1=O. The number of thioether (sulfide) groups is 1. The first-order chi connectivity index (χ1) is 8.72. The van der Waals surface area contributed by atoms with E-state index in [1.807, 2.05) is 23.1 Å². The molecule has 18 heavy (non-hydrogen) atoms. The van der Waals surface area contributed by atoms with E-state index in [0.29, 0.717) is 12.5 Å². The Morgan fingerprint density at radius 1 is 1.44 bits per heavy atom. The molecule has 0 bridgehead atoms. The second-order valence-electron chi connectivity index (χ2n) is 4.74. The number of hydrogen-bond donors (Lipinski definition) is 0. The Hall–Kier alpha value is -1.22. The molecule has 0 aliphatic carbocycles. The number of amides is 1. The second-order valence-corrected chi connectivity index (χ2v) is 5.83. The van der Waals surface area contributed by atoms with Crippen LogP contribution in [0.4, 0.5) is 0 Å². The molecule has 1 aliphatic heterocycles. The number of carbonyl (C=O) groups is 1. The van der Waals surface area contributed by atoms with E-state index in [1.54, 1.807) is 17.8 Å². The van der Waals surface area contributed by atoms with Crippen LogP contribution in [-0.2, 0) is 4.79 Å². The van der Waals surface area contributed by atoms with Crippen LogP contribution in [0.1, 0.15) is 6.92 Å². The molecule has 1 aromatic carbocycles. The number of rotatable bonds is 5. The molecule has 1 saturated heterocycles. The maximum Gasteiger partial charge on any atom is 0.227 e. The Morgan fingerprint density at radius 2 is 2.17 bits per heavy atom. The molecule has 1 heterocycles. The molecule has 1 aliphatic rings. The predicted molar refractivity (Wildman–Crippen MR) is 76.6 cm³/mol. The van der Waals surface area contributed by atoms with E-state index >= 15 is 0 Å². The minimum absolute atomic E-state index is 0.148. The van der Waals surface area contributed by atoms with Gasteiger partial charge >= 0.3 is 0 Å². The van der Waals surface area contributed by atoms with Crippen LogP contribution in [-0.4, -0.2) is 29.6 Å². The molecule has 0 radical (unpaired) electrons. The molecule has 1 fully saturated rings. The van der Waals surface area contributed by atoms with Gasteiger partial charge in [-0.1, -0.05) is 31.2 Å². The molecule has 1 aromatic rings. The van der Waals surface area contributed by atoms with Gasteiger partial charge in [-0.3, -0.25) is 4.79 Å². The molecule has 1 amide bonds. The first-order valence-electron chi connectivity index (χ1n) is 6.30. The lowest BCUT2D eigenvalue weighted by Crippen LogP contribution is -2.28. The monoisotopic (exact) mass is 261 g/mol. The third-order valence-corrected chi connectivity index (χ3v) is 4.48. The Labute approximate surface area is 113 Å². The zero-order valence-electron chi connectivity index (χ0n) is 10.7. The van der Waals surface area contributed by atoms with E-state index in [4.69, 9.17) is 0 Å². The Balaban J connectivity index is 1.93. The van der Waals surface area contributed by atoms with Gasteiger partial charge in [-0.25, -0.2) is 0 Å². The predicted octanol–water partition coefficient (Wildman–Crippen LogP) is 3.06. The van der Waals surface area contributed by atoms with Crippen LogP contribution < -0.4 is 0 Å². The summed E-state index contributed by atoms with van der Waals surface area (Å²) in [6.07, 6.45) is 1.80. The minimum Gasteiger partial charge on any atom is -0.338 e. The van der Waals surface area contributed by atoms with Crippen LogP contribution in [0.5, 0.6) is 0 Å². The number of nitrogens with zero attached hydrogens (tertiary/aromatic N) is 1. The zero-order valence-corrected chi connectivity index (χ0v) is 11.5. The van der Waals surface area contributed by atoms with Crippen LogP contribution in [0, 0.1) is 11.8 Å². The normalized spacial score (nSPS) is 23.4. The van der Waals surface area contributed by atoms with Crippen LogP contribution >= 0.6 is 11.8 Å². The molecule has 2 atom stereocenters. The Bertz CT molecular complexity index is 418. The van der Waals surface area contributed by atoms with Gasteiger partial charge in [0.05, 0.1) is 5.92 Å². The molecule has 0 N–H and O–H groups in total. The van der Waals surface area contributed by atoms with E-state index in [-0.39, 0.29) is 11.8 Å². The van der Waals surface area contributed by atoms with Crippen molar-refractivity contribution in [1.82, 2.24) is 4.90 Å². The second kappa shape index (κ2) is 6.10. The highest BCUT2D eigenvalue weighted by atomic mass is 32.2. The summed E-state index contributed by atoms with van der Waals surface area (Å²) in [6.45, 7) is 7.41. The highest BCUT2D eigenvalue weighted by Gasteiger charge is 2.36. The highest BCUT2D eigenvalue weighted by Crippen LogP contribution is 2.30. The quantitative estimate of drug-likeness (QED) is 0.600. The standard InChI is InChI=1S/C15H19NOS/c1-3-9-16-10-12(2)14(15(16)17)11-18-13-7-5-4-6-8-13/h3-8,12,14H,1,9-11H2,2H3/t12-,14+/m0/s1. The molecular formula is C15H19NOS. The lowest BCUT2D eigenvalue weighted by molar-refractivity contribution is -0.130. The summed E-state index contributed by atoms with van der Waals surface area (Å²) in [5.74, 6) is 1.74. The lowest BCUT2D eigenvalue weighted by Gasteiger charge is -2.13. The van der Waals surface area contributed by atoms with Gasteiger partial charge in [-0.2, -0.15) is 0 Å². The first-order valence-corrected chi connectivity index (χ1v) is 7.28. The van der Waals surface area contributed by atoms with E-state index in [1.165, 1.54) is 4.90 Å².